The molecule has 2 atom stereocenters. The molecule has 0 spiro atoms. The summed E-state index contributed by atoms with van der Waals surface area (Å²) in [7, 11) is 0. The van der Waals surface area contributed by atoms with Gasteiger partial charge in [-0.3, -0.25) is 9.59 Å². The summed E-state index contributed by atoms with van der Waals surface area (Å²) in [5.74, 6) is -2.27. The number of aryl methyl sites for hydroxylation is 1. The van der Waals surface area contributed by atoms with Crippen LogP contribution in [-0.4, -0.2) is 53.4 Å². The topological polar surface area (TPSA) is 141 Å². The Hall–Kier alpha value is -2.40. The minimum atomic E-state index is -1.32. The van der Waals surface area contributed by atoms with Crippen LogP contribution in [0.3, 0.4) is 0 Å². The molecule has 5 N–H and O–H groups in total. The molecule has 0 unspecified atom stereocenters. The number of piperidine rings is 1. The number of carbonyl (C=O) groups excluding carboxylic acids is 1. The highest BCUT2D eigenvalue weighted by molar-refractivity contribution is 5.95. The number of pyridine rings is 1. The number of carboxylic acid groups (broad SMARTS) is 1. The van der Waals surface area contributed by atoms with Crippen LogP contribution in [0.15, 0.2) is 17.1 Å². The average molecular weight is 561 g/mol. The number of aromatic carboxylic acids is 1. The first-order valence-corrected chi connectivity index (χ1v) is 12.3. The lowest BCUT2D eigenvalue weighted by Crippen LogP contribution is -2.42. The van der Waals surface area contributed by atoms with Crippen molar-refractivity contribution >= 4 is 53.3 Å². The first kappa shape index (κ1) is 30.8. The minimum Gasteiger partial charge on any atom is -0.477 e. The number of hydrogen-bond acceptors (Lipinski definition) is 7. The third-order valence-corrected chi connectivity index (χ3v) is 7.17. The smallest absolute Gasteiger partial charge is 0.341 e. The standard InChI is InChI=1S/C25H33FN4O5.2ClH/c1-14-5-6-16-21-17(23(31)18(24(32)33)13-30(14)21)12-19(26)22(16)29-10-7-15(8-11-29)35-25(34)20(28)4-2-3-9-27;;/h12-15,20H,2-11,27-28H2,1H3,(H,32,33);2*1H/t14-,20+;;/m0../s1. The number of hydrogen-bond donors (Lipinski definition) is 3. The summed E-state index contributed by atoms with van der Waals surface area (Å²) < 4.78 is 22.8. The van der Waals surface area contributed by atoms with E-state index < -0.39 is 29.2 Å². The Morgan fingerprint density at radius 2 is 1.89 bits per heavy atom. The van der Waals surface area contributed by atoms with Crippen LogP contribution in [0, 0.1) is 5.82 Å². The van der Waals surface area contributed by atoms with Crippen molar-refractivity contribution in [3.63, 3.8) is 0 Å². The van der Waals surface area contributed by atoms with E-state index in [0.717, 1.165) is 18.4 Å². The van der Waals surface area contributed by atoms with Crippen LogP contribution >= 0.6 is 24.8 Å². The van der Waals surface area contributed by atoms with Crippen LogP contribution < -0.4 is 21.8 Å². The molecular formula is C25H35Cl2FN4O5. The summed E-state index contributed by atoms with van der Waals surface area (Å²) in [6.45, 7) is 3.50. The van der Waals surface area contributed by atoms with Gasteiger partial charge in [0.2, 0.25) is 5.43 Å². The van der Waals surface area contributed by atoms with Gasteiger partial charge in [0, 0.05) is 49.1 Å². The van der Waals surface area contributed by atoms with Crippen molar-refractivity contribution in [1.82, 2.24) is 4.57 Å². The number of halogens is 3. The van der Waals surface area contributed by atoms with Gasteiger partial charge in [0.25, 0.3) is 0 Å². The molecule has 1 saturated heterocycles. The maximum atomic E-state index is 15.4. The Labute approximate surface area is 227 Å². The maximum absolute atomic E-state index is 15.4. The van der Waals surface area contributed by atoms with E-state index in [0.29, 0.717) is 62.9 Å². The molecule has 0 radical (unpaired) electrons. The number of nitrogens with zero attached hydrogens (tertiary/aromatic N) is 2. The molecule has 1 aromatic carbocycles. The first-order valence-electron chi connectivity index (χ1n) is 12.3. The van der Waals surface area contributed by atoms with Crippen molar-refractivity contribution in [2.45, 2.75) is 70.1 Å². The highest BCUT2D eigenvalue weighted by Gasteiger charge is 2.31. The Morgan fingerprint density at radius 1 is 1.22 bits per heavy atom. The lowest BCUT2D eigenvalue weighted by molar-refractivity contribution is -0.151. The fraction of sp³-hybridized carbons (Fsp3) is 0.560. The number of carboxylic acids is 1. The molecular weight excluding hydrogens is 526 g/mol. The number of benzene rings is 1. The summed E-state index contributed by atoms with van der Waals surface area (Å²) in [6.07, 6.45) is 5.58. The molecule has 9 nitrogen and oxygen atoms in total. The molecule has 2 aromatic rings. The zero-order chi connectivity index (χ0) is 25.3. The number of aromatic nitrogens is 1. The van der Waals surface area contributed by atoms with E-state index in [1.807, 2.05) is 11.8 Å². The van der Waals surface area contributed by atoms with Crippen molar-refractivity contribution in [3.8, 4) is 0 Å². The lowest BCUT2D eigenvalue weighted by Gasteiger charge is -2.37. The Bertz CT molecular complexity index is 1200. The van der Waals surface area contributed by atoms with Gasteiger partial charge in [-0.25, -0.2) is 9.18 Å². The molecule has 0 amide bonds. The van der Waals surface area contributed by atoms with Crippen molar-refractivity contribution in [2.75, 3.05) is 24.5 Å². The quantitative estimate of drug-likeness (QED) is 0.330. The van der Waals surface area contributed by atoms with Crippen LogP contribution in [0.2, 0.25) is 0 Å². The first-order chi connectivity index (χ1) is 16.7. The van der Waals surface area contributed by atoms with Gasteiger partial charge in [-0.2, -0.15) is 0 Å². The highest BCUT2D eigenvalue weighted by atomic mass is 35.5. The Balaban J connectivity index is 0.00000241. The zero-order valence-corrected chi connectivity index (χ0v) is 22.4. The van der Waals surface area contributed by atoms with Gasteiger partial charge in [0.05, 0.1) is 11.2 Å². The van der Waals surface area contributed by atoms with Crippen LogP contribution in [0.1, 0.15) is 67.4 Å². The monoisotopic (exact) mass is 560 g/mol. The van der Waals surface area contributed by atoms with Crippen LogP contribution in [0.25, 0.3) is 10.9 Å². The molecule has 1 fully saturated rings. The van der Waals surface area contributed by atoms with Gasteiger partial charge in [-0.15, -0.1) is 24.8 Å². The number of esters is 1. The number of unbranched alkanes of at least 4 members (excludes halogenated alkanes) is 1. The van der Waals surface area contributed by atoms with Crippen LogP contribution in [-0.2, 0) is 16.0 Å². The van der Waals surface area contributed by atoms with Crippen LogP contribution in [0.5, 0.6) is 0 Å². The van der Waals surface area contributed by atoms with Crippen molar-refractivity contribution in [2.24, 2.45) is 11.5 Å². The fourth-order valence-corrected chi connectivity index (χ4v) is 5.20. The number of anilines is 1. The van der Waals surface area contributed by atoms with Gasteiger partial charge in [-0.05, 0) is 45.2 Å². The van der Waals surface area contributed by atoms with Gasteiger partial charge in [0.15, 0.2) is 0 Å². The molecule has 0 saturated carbocycles. The van der Waals surface area contributed by atoms with Gasteiger partial charge in [-0.1, -0.05) is 6.42 Å². The molecule has 12 heteroatoms. The Morgan fingerprint density at radius 3 is 2.51 bits per heavy atom. The summed E-state index contributed by atoms with van der Waals surface area (Å²) in [5.41, 5.74) is 12.2. The van der Waals surface area contributed by atoms with E-state index in [1.165, 1.54) is 12.3 Å². The van der Waals surface area contributed by atoms with E-state index in [4.69, 9.17) is 16.2 Å². The Kier molecular flexibility index (Phi) is 10.8. The summed E-state index contributed by atoms with van der Waals surface area (Å²) in [6, 6.07) is 0.488. The van der Waals surface area contributed by atoms with Gasteiger partial charge in [0.1, 0.15) is 23.5 Å². The SMILES string of the molecule is C[C@H]1CCc2c(N3CCC(OC(=O)[C@H](N)CCCCN)CC3)c(F)cc3c(=O)c(C(=O)O)cn1c23.Cl.Cl. The zero-order valence-electron chi connectivity index (χ0n) is 20.8. The second-order valence-corrected chi connectivity index (χ2v) is 9.57. The van der Waals surface area contributed by atoms with E-state index in [-0.39, 0.29) is 47.9 Å². The predicted octanol–water partition coefficient (Wildman–Crippen LogP) is 3.16. The molecule has 0 aliphatic carbocycles. The summed E-state index contributed by atoms with van der Waals surface area (Å²) >= 11 is 0. The molecule has 37 heavy (non-hydrogen) atoms. The van der Waals surface area contributed by atoms with Gasteiger partial charge >= 0.3 is 11.9 Å². The molecule has 4 rings (SSSR count). The molecule has 0 bridgehead atoms. The number of ether oxygens (including phenoxy) is 1. The largest absolute Gasteiger partial charge is 0.477 e. The molecule has 2 aliphatic heterocycles. The normalized spacial score (nSPS) is 18.1. The number of carbonyl (C=O) groups is 2. The average Bonchev–Trinajstić information content (AvgIpc) is 2.83. The second kappa shape index (κ2) is 12.9. The molecule has 2 aliphatic rings. The third-order valence-electron chi connectivity index (χ3n) is 7.17. The second-order valence-electron chi connectivity index (χ2n) is 9.57. The van der Waals surface area contributed by atoms with Crippen molar-refractivity contribution in [1.29, 1.82) is 0 Å². The van der Waals surface area contributed by atoms with E-state index >= 15 is 4.39 Å². The molecule has 206 valence electrons. The van der Waals surface area contributed by atoms with Crippen molar-refractivity contribution in [3.05, 3.63) is 39.4 Å². The summed E-state index contributed by atoms with van der Waals surface area (Å²) in [5, 5.41) is 9.56. The van der Waals surface area contributed by atoms with E-state index in [1.54, 1.807) is 4.57 Å². The lowest BCUT2D eigenvalue weighted by atomic mass is 9.93. The van der Waals surface area contributed by atoms with E-state index in [9.17, 15) is 19.5 Å². The highest BCUT2D eigenvalue weighted by Crippen LogP contribution is 2.39. The minimum absolute atomic E-state index is 0. The van der Waals surface area contributed by atoms with Crippen molar-refractivity contribution < 1.29 is 23.8 Å². The number of rotatable bonds is 8. The third kappa shape index (κ3) is 6.19. The predicted molar refractivity (Wildman–Crippen MR) is 145 cm³/mol. The summed E-state index contributed by atoms with van der Waals surface area (Å²) in [4.78, 5) is 38.6. The molecule has 1 aromatic heterocycles. The maximum Gasteiger partial charge on any atom is 0.341 e. The molecule has 3 heterocycles. The van der Waals surface area contributed by atoms with Gasteiger partial charge < -0.3 is 30.8 Å². The fourth-order valence-electron chi connectivity index (χ4n) is 5.20. The number of nitrogens with two attached hydrogens (primary N) is 2. The van der Waals surface area contributed by atoms with E-state index in [2.05, 4.69) is 0 Å². The van der Waals surface area contributed by atoms with Crippen LogP contribution in [0.4, 0.5) is 10.1 Å².